The predicted octanol–water partition coefficient (Wildman–Crippen LogP) is 4.74. The molecule has 4 aliphatic rings. The Kier molecular flexibility index (Phi) is 4.84. The number of imidazole rings is 1. The average Bonchev–Trinajstić information content (AvgIpc) is 3.35. The van der Waals surface area contributed by atoms with Crippen molar-refractivity contribution < 1.29 is 14.6 Å². The van der Waals surface area contributed by atoms with Crippen molar-refractivity contribution in [1.29, 1.82) is 0 Å². The summed E-state index contributed by atoms with van der Waals surface area (Å²) in [7, 11) is 0. The van der Waals surface area contributed by atoms with E-state index in [0.717, 1.165) is 69.0 Å². The van der Waals surface area contributed by atoms with Crippen LogP contribution in [-0.2, 0) is 0 Å². The largest absolute Gasteiger partial charge is 0.431 e. The molecule has 34 heavy (non-hydrogen) atoms. The Balaban J connectivity index is 1.30. The van der Waals surface area contributed by atoms with Crippen LogP contribution in [0.5, 0.6) is 0 Å². The van der Waals surface area contributed by atoms with E-state index in [9.17, 15) is 15.0 Å². The first-order valence-electron chi connectivity index (χ1n) is 13.1. The first-order chi connectivity index (χ1) is 16.1. The molecule has 2 aromatic rings. The van der Waals surface area contributed by atoms with Crippen LogP contribution in [0.2, 0.25) is 0 Å². The van der Waals surface area contributed by atoms with Crippen LogP contribution in [0.3, 0.4) is 0 Å². The molecule has 2 N–H and O–H groups in total. The third-order valence-electron chi connectivity index (χ3n) is 11.2. The van der Waals surface area contributed by atoms with Gasteiger partial charge in [0.1, 0.15) is 0 Å². The van der Waals surface area contributed by atoms with Crippen molar-refractivity contribution in [3.63, 3.8) is 0 Å². The summed E-state index contributed by atoms with van der Waals surface area (Å²) in [6, 6.07) is 3.68. The normalized spacial score (nSPS) is 45.9. The van der Waals surface area contributed by atoms with E-state index in [1.807, 2.05) is 19.3 Å². The van der Waals surface area contributed by atoms with Gasteiger partial charge in [-0.15, -0.1) is 0 Å². The fourth-order valence-corrected chi connectivity index (χ4v) is 9.19. The Hall–Kier alpha value is -1.92. The lowest BCUT2D eigenvalue weighted by Gasteiger charge is -2.66. The molecule has 8 atom stereocenters. The molecule has 0 unspecified atom stereocenters. The van der Waals surface area contributed by atoms with Crippen LogP contribution < -0.4 is 5.63 Å². The third-order valence-corrected chi connectivity index (χ3v) is 11.2. The van der Waals surface area contributed by atoms with Crippen molar-refractivity contribution in [2.45, 2.75) is 102 Å². The minimum absolute atomic E-state index is 0.184. The highest BCUT2D eigenvalue weighted by atomic mass is 16.4. The fourth-order valence-electron chi connectivity index (χ4n) is 9.19. The van der Waals surface area contributed by atoms with Gasteiger partial charge in [-0.25, -0.2) is 9.78 Å². The van der Waals surface area contributed by atoms with E-state index in [4.69, 9.17) is 4.42 Å². The number of hydrogen-bond acceptors (Lipinski definition) is 5. The number of aromatic nitrogens is 2. The van der Waals surface area contributed by atoms with Crippen molar-refractivity contribution in [2.24, 2.45) is 22.7 Å². The van der Waals surface area contributed by atoms with Crippen molar-refractivity contribution in [2.75, 3.05) is 0 Å². The van der Waals surface area contributed by atoms with E-state index in [0.29, 0.717) is 5.92 Å². The van der Waals surface area contributed by atoms with E-state index in [2.05, 4.69) is 29.6 Å². The van der Waals surface area contributed by atoms with Crippen molar-refractivity contribution in [3.05, 3.63) is 52.6 Å². The summed E-state index contributed by atoms with van der Waals surface area (Å²) in [5, 5.41) is 24.5. The number of rotatable bonds is 2. The summed E-state index contributed by atoms with van der Waals surface area (Å²) in [6.07, 6.45) is 13.7. The summed E-state index contributed by atoms with van der Waals surface area (Å²) >= 11 is 0. The molecular weight excluding hydrogens is 428 g/mol. The Morgan fingerprint density at radius 1 is 1.00 bits per heavy atom. The molecule has 6 rings (SSSR count). The number of aryl methyl sites for hydroxylation is 1. The topological polar surface area (TPSA) is 88.5 Å². The van der Waals surface area contributed by atoms with E-state index in [1.165, 1.54) is 6.07 Å². The first kappa shape index (κ1) is 22.5. The zero-order chi connectivity index (χ0) is 23.9. The zero-order valence-corrected chi connectivity index (χ0v) is 20.7. The maximum atomic E-state index is 12.4. The fraction of sp³-hybridized carbons (Fsp3) is 0.714. The second kappa shape index (κ2) is 7.30. The van der Waals surface area contributed by atoms with Crippen molar-refractivity contribution >= 4 is 0 Å². The van der Waals surface area contributed by atoms with Gasteiger partial charge >= 0.3 is 5.63 Å². The Bertz CT molecular complexity index is 1140. The monoisotopic (exact) mass is 466 g/mol. The Morgan fingerprint density at radius 2 is 1.76 bits per heavy atom. The quantitative estimate of drug-likeness (QED) is 0.667. The van der Waals surface area contributed by atoms with Crippen LogP contribution >= 0.6 is 0 Å². The SMILES string of the molecule is Cc1cn([C@H]2CC[C@]3(C)[C@H]4CC[C@]5(C)[C@@H](c6ccc(=O)oc6)CC[C@]5(O)[C@@H]4CC[C@]3(O)C2)cn1. The molecule has 0 radical (unpaired) electrons. The van der Waals surface area contributed by atoms with Gasteiger partial charge in [0, 0.05) is 23.7 Å². The summed E-state index contributed by atoms with van der Waals surface area (Å²) in [6.45, 7) is 6.58. The molecule has 0 aliphatic heterocycles. The number of hydrogen-bond donors (Lipinski definition) is 2. The standard InChI is InChI=1S/C28H38N2O4/c1-18-15-30(17-29-18)20-6-10-25(2)22-7-11-26(3)21(19-4-5-24(31)34-16-19)9-13-28(26,33)23(22)8-12-27(25,32)14-20/h4-5,15-17,20-23,32-33H,6-14H2,1-3H3/t20-,21+,22-,23+,25+,26+,27-,28-/m0/s1. The summed E-state index contributed by atoms with van der Waals surface area (Å²) in [5.74, 6) is 0.711. The lowest BCUT2D eigenvalue weighted by Crippen LogP contribution is -2.66. The number of nitrogens with zero attached hydrogens (tertiary/aromatic N) is 2. The molecule has 2 heterocycles. The molecule has 6 heteroatoms. The third kappa shape index (κ3) is 2.87. The summed E-state index contributed by atoms with van der Waals surface area (Å²) in [5.41, 5.74) is -0.161. The van der Waals surface area contributed by atoms with Gasteiger partial charge in [0.25, 0.3) is 0 Å². The molecule has 4 saturated carbocycles. The van der Waals surface area contributed by atoms with Crippen LogP contribution in [0.4, 0.5) is 0 Å². The van der Waals surface area contributed by atoms with Crippen LogP contribution in [-0.4, -0.2) is 31.0 Å². The van der Waals surface area contributed by atoms with Gasteiger partial charge in [0.05, 0.1) is 29.5 Å². The van der Waals surface area contributed by atoms with Gasteiger partial charge in [-0.2, -0.15) is 0 Å². The molecule has 0 amide bonds. The molecule has 0 bridgehead atoms. The van der Waals surface area contributed by atoms with Crippen molar-refractivity contribution in [3.8, 4) is 0 Å². The maximum Gasteiger partial charge on any atom is 0.335 e. The molecule has 4 fully saturated rings. The molecule has 4 aliphatic carbocycles. The van der Waals surface area contributed by atoms with Crippen molar-refractivity contribution in [1.82, 2.24) is 9.55 Å². The molecule has 0 saturated heterocycles. The van der Waals surface area contributed by atoms with E-state index < -0.39 is 11.2 Å². The Morgan fingerprint density at radius 3 is 2.47 bits per heavy atom. The van der Waals surface area contributed by atoms with E-state index in [1.54, 1.807) is 6.26 Å². The van der Waals surface area contributed by atoms with Crippen LogP contribution in [0, 0.1) is 29.6 Å². The lowest BCUT2D eigenvalue weighted by atomic mass is 9.42. The van der Waals surface area contributed by atoms with Gasteiger partial charge in [0.15, 0.2) is 0 Å². The Labute approximate surface area is 201 Å². The average molecular weight is 467 g/mol. The molecule has 0 spiro atoms. The van der Waals surface area contributed by atoms with Gasteiger partial charge in [0.2, 0.25) is 0 Å². The minimum atomic E-state index is -0.751. The summed E-state index contributed by atoms with van der Waals surface area (Å²) in [4.78, 5) is 15.9. The highest BCUT2D eigenvalue weighted by Crippen LogP contribution is 2.71. The van der Waals surface area contributed by atoms with Gasteiger partial charge in [-0.05, 0) is 99.5 Å². The van der Waals surface area contributed by atoms with Gasteiger partial charge in [-0.1, -0.05) is 13.8 Å². The highest BCUT2D eigenvalue weighted by Gasteiger charge is 2.69. The molecule has 0 aromatic carbocycles. The predicted molar refractivity (Wildman–Crippen MR) is 128 cm³/mol. The number of fused-ring (bicyclic) bond motifs is 5. The molecule has 6 nitrogen and oxygen atoms in total. The second-order valence-corrected chi connectivity index (χ2v) is 12.4. The van der Waals surface area contributed by atoms with Crippen LogP contribution in [0.1, 0.15) is 94.9 Å². The minimum Gasteiger partial charge on any atom is -0.431 e. The maximum absolute atomic E-state index is 12.4. The van der Waals surface area contributed by atoms with E-state index in [-0.39, 0.29) is 34.3 Å². The molecule has 2 aromatic heterocycles. The van der Waals surface area contributed by atoms with E-state index >= 15 is 0 Å². The second-order valence-electron chi connectivity index (χ2n) is 12.4. The van der Waals surface area contributed by atoms with Gasteiger partial charge < -0.3 is 19.2 Å². The molecule has 184 valence electrons. The lowest BCUT2D eigenvalue weighted by molar-refractivity contribution is -0.249. The highest BCUT2D eigenvalue weighted by molar-refractivity contribution is 5.27. The van der Waals surface area contributed by atoms with Crippen LogP contribution in [0.25, 0.3) is 0 Å². The zero-order valence-electron chi connectivity index (χ0n) is 20.7. The van der Waals surface area contributed by atoms with Crippen LogP contribution in [0.15, 0.2) is 40.1 Å². The first-order valence-corrected chi connectivity index (χ1v) is 13.1. The smallest absolute Gasteiger partial charge is 0.335 e. The molecular formula is C28H38N2O4. The summed E-state index contributed by atoms with van der Waals surface area (Å²) < 4.78 is 7.40. The van der Waals surface area contributed by atoms with Gasteiger partial charge in [-0.3, -0.25) is 0 Å². The number of aliphatic hydroxyl groups is 2.